The second kappa shape index (κ2) is 16.4. The Labute approximate surface area is 445 Å². The Bertz CT molecular complexity index is 3880. The van der Waals surface area contributed by atoms with Gasteiger partial charge in [-0.1, -0.05) is 294 Å². The van der Waals surface area contributed by atoms with Crippen molar-refractivity contribution in [2.24, 2.45) is 0 Å². The molecule has 3 aliphatic carbocycles. The predicted octanol–water partition coefficient (Wildman–Crippen LogP) is 16.1. The van der Waals surface area contributed by atoms with Crippen LogP contribution in [0.25, 0.3) is 54.9 Å². The van der Waals surface area contributed by atoms with Gasteiger partial charge in [0.2, 0.25) is 13.4 Å². The van der Waals surface area contributed by atoms with E-state index in [1.54, 1.807) is 11.1 Å². The number of rotatable bonds is 6. The molecule has 0 saturated heterocycles. The van der Waals surface area contributed by atoms with Gasteiger partial charge in [0.1, 0.15) is 0 Å². The molecule has 5 aliphatic rings. The zero-order valence-electron chi connectivity index (χ0n) is 44.1. The third kappa shape index (κ3) is 6.03. The van der Waals surface area contributed by atoms with Crippen molar-refractivity contribution < 1.29 is 0 Å². The molecule has 2 heteroatoms. The molecule has 362 valence electrons. The largest absolute Gasteiger partial charge is 0.216 e. The van der Waals surface area contributed by atoms with E-state index >= 15 is 0 Å². The van der Waals surface area contributed by atoms with Crippen molar-refractivity contribution in [1.82, 2.24) is 0 Å². The molecule has 15 rings (SSSR count). The molecule has 4 unspecified atom stereocenters. The Kier molecular flexibility index (Phi) is 9.91. The number of hydrogen-bond acceptors (Lipinski definition) is 0. The minimum atomic E-state index is -0.587. The van der Waals surface area contributed by atoms with Gasteiger partial charge in [-0.25, -0.2) is 0 Å². The lowest BCUT2D eigenvalue weighted by Gasteiger charge is -2.48. The highest BCUT2D eigenvalue weighted by atomic mass is 14.5. The minimum absolute atomic E-state index is 0.0946. The SMILES string of the molecule is CC12CCCCC1(C)c1cc(-c3ccc4c(c3)C(c3ccccc3)(c3ccccc3)c3c-4c4ccccc4c4cc(-c5ccc6c(c5)C5(C)CCCCC5(C)B6c5ccccc5)ccc34)ccc1B2c1ccccc1. The summed E-state index contributed by atoms with van der Waals surface area (Å²) in [6.07, 6.45) is 10.2. The molecular weight excluding hydrogens is 898 g/mol. The quantitative estimate of drug-likeness (QED) is 0.115. The van der Waals surface area contributed by atoms with Crippen LogP contribution in [0, 0.1) is 0 Å². The van der Waals surface area contributed by atoms with Gasteiger partial charge in [-0.3, -0.25) is 0 Å². The van der Waals surface area contributed by atoms with E-state index in [4.69, 9.17) is 0 Å². The standard InChI is InChI=1S/C73H64B2/c1-69-41-19-21-43-71(69,3)74(55-27-13-7-14-28-55)65-39-35-51(47-63(65)69)49-33-37-59-61(45-49)57-31-17-18-32-58(57)67-60-38-34-50(46-62(60)73(68(59)67,53-23-9-5-10-24-53)54-25-11-6-12-26-54)52-36-40-66-64(48-52)70(2)42-20-22-44-72(70,4)75(66)56-29-15-8-16-30-56/h5-18,23-40,45-48H,19-22,41-44H2,1-4H3. The maximum atomic E-state index is 2.63. The van der Waals surface area contributed by atoms with Crippen molar-refractivity contribution in [2.45, 2.75) is 106 Å². The van der Waals surface area contributed by atoms with Crippen molar-refractivity contribution in [3.63, 3.8) is 0 Å². The lowest BCUT2D eigenvalue weighted by Crippen LogP contribution is -2.51. The van der Waals surface area contributed by atoms with Gasteiger partial charge < -0.3 is 0 Å². The van der Waals surface area contributed by atoms with Crippen LogP contribution in [-0.4, -0.2) is 13.4 Å². The number of benzene rings is 10. The average Bonchev–Trinajstić information content (AvgIpc) is 4.00. The van der Waals surface area contributed by atoms with Gasteiger partial charge in [0.15, 0.2) is 0 Å². The summed E-state index contributed by atoms with van der Waals surface area (Å²) in [5.74, 6) is 0. The fourth-order valence-electron chi connectivity index (χ4n) is 17.4. The maximum Gasteiger partial charge on any atom is 0.216 e. The van der Waals surface area contributed by atoms with Crippen LogP contribution in [0.15, 0.2) is 218 Å². The van der Waals surface area contributed by atoms with E-state index in [2.05, 4.69) is 246 Å². The summed E-state index contributed by atoms with van der Waals surface area (Å²) in [5.41, 5.74) is 22.0. The first-order chi connectivity index (χ1) is 36.7. The second-order valence-electron chi connectivity index (χ2n) is 24.5. The Morgan fingerprint density at radius 3 is 1.27 bits per heavy atom. The summed E-state index contributed by atoms with van der Waals surface area (Å²) in [6.45, 7) is 11.2. The van der Waals surface area contributed by atoms with Gasteiger partial charge in [0.25, 0.3) is 0 Å². The van der Waals surface area contributed by atoms with Crippen LogP contribution in [0.1, 0.15) is 112 Å². The summed E-state index contributed by atoms with van der Waals surface area (Å²) in [5, 5.41) is 5.60. The van der Waals surface area contributed by atoms with Gasteiger partial charge in [0, 0.05) is 0 Å². The Morgan fingerprint density at radius 1 is 0.333 bits per heavy atom. The molecule has 0 aromatic heterocycles. The van der Waals surface area contributed by atoms with Crippen LogP contribution in [0.3, 0.4) is 0 Å². The van der Waals surface area contributed by atoms with E-state index in [0.29, 0.717) is 13.4 Å². The van der Waals surface area contributed by atoms with Gasteiger partial charge in [-0.15, -0.1) is 0 Å². The molecule has 0 amide bonds. The van der Waals surface area contributed by atoms with E-state index in [9.17, 15) is 0 Å². The van der Waals surface area contributed by atoms with Crippen molar-refractivity contribution in [3.8, 4) is 33.4 Å². The summed E-state index contributed by atoms with van der Waals surface area (Å²) in [4.78, 5) is 0. The van der Waals surface area contributed by atoms with Crippen molar-refractivity contribution in [2.75, 3.05) is 0 Å². The van der Waals surface area contributed by atoms with Crippen molar-refractivity contribution >= 4 is 56.8 Å². The van der Waals surface area contributed by atoms with Crippen molar-refractivity contribution in [3.05, 3.63) is 252 Å². The van der Waals surface area contributed by atoms with E-state index in [1.807, 2.05) is 0 Å². The summed E-state index contributed by atoms with van der Waals surface area (Å²) >= 11 is 0. The normalized spacial score (nSPS) is 23.8. The molecular formula is C73H64B2. The molecule has 2 fully saturated rings. The molecule has 10 aromatic rings. The molecule has 2 aliphatic heterocycles. The highest BCUT2D eigenvalue weighted by molar-refractivity contribution is 6.90. The fraction of sp³-hybridized carbons (Fsp3) is 0.233. The molecule has 0 spiro atoms. The lowest BCUT2D eigenvalue weighted by molar-refractivity contribution is 0.243. The zero-order valence-corrected chi connectivity index (χ0v) is 44.1. The molecule has 75 heavy (non-hydrogen) atoms. The van der Waals surface area contributed by atoms with Crippen molar-refractivity contribution in [1.29, 1.82) is 0 Å². The first-order valence-electron chi connectivity index (χ1n) is 28.3. The Morgan fingerprint density at radius 2 is 0.747 bits per heavy atom. The molecule has 0 N–H and O–H groups in total. The molecule has 0 bridgehead atoms. The van der Waals surface area contributed by atoms with Crippen LogP contribution in [0.5, 0.6) is 0 Å². The number of fused-ring (bicyclic) bond motifs is 14. The predicted molar refractivity (Wildman–Crippen MR) is 321 cm³/mol. The first-order valence-corrected chi connectivity index (χ1v) is 28.3. The van der Waals surface area contributed by atoms with E-state index in [1.165, 1.54) is 150 Å². The Balaban J connectivity index is 0.946. The smallest absolute Gasteiger partial charge is 0.0735 e. The molecule has 2 heterocycles. The van der Waals surface area contributed by atoms with E-state index < -0.39 is 5.41 Å². The molecule has 0 nitrogen and oxygen atoms in total. The molecule has 10 aromatic carbocycles. The van der Waals surface area contributed by atoms with Gasteiger partial charge in [0.05, 0.1) is 5.41 Å². The van der Waals surface area contributed by atoms with Crippen LogP contribution in [0.4, 0.5) is 0 Å². The van der Waals surface area contributed by atoms with Gasteiger partial charge >= 0.3 is 0 Å². The van der Waals surface area contributed by atoms with Gasteiger partial charge in [-0.05, 0) is 135 Å². The van der Waals surface area contributed by atoms with Crippen LogP contribution in [-0.2, 0) is 16.2 Å². The van der Waals surface area contributed by atoms with Crippen LogP contribution < -0.4 is 21.9 Å². The minimum Gasteiger partial charge on any atom is -0.0735 e. The average molecular weight is 963 g/mol. The van der Waals surface area contributed by atoms with E-state index in [0.717, 1.165) is 0 Å². The molecule has 4 atom stereocenters. The third-order valence-electron chi connectivity index (χ3n) is 21.4. The summed E-state index contributed by atoms with van der Waals surface area (Å²) < 4.78 is 0. The fourth-order valence-corrected chi connectivity index (χ4v) is 17.4. The second-order valence-corrected chi connectivity index (χ2v) is 24.5. The Hall–Kier alpha value is -7.15. The summed E-state index contributed by atoms with van der Waals surface area (Å²) in [6, 6.07) is 85.3. The highest BCUT2D eigenvalue weighted by Crippen LogP contribution is 2.65. The lowest BCUT2D eigenvalue weighted by atomic mass is 9.26. The monoisotopic (exact) mass is 963 g/mol. The zero-order chi connectivity index (χ0) is 50.3. The summed E-state index contributed by atoms with van der Waals surface area (Å²) in [7, 11) is 0. The highest BCUT2D eigenvalue weighted by Gasteiger charge is 2.61. The molecule has 0 radical (unpaired) electrons. The van der Waals surface area contributed by atoms with E-state index in [-0.39, 0.29) is 21.5 Å². The van der Waals surface area contributed by atoms with Gasteiger partial charge in [-0.2, -0.15) is 0 Å². The van der Waals surface area contributed by atoms with Crippen LogP contribution in [0.2, 0.25) is 10.6 Å². The first kappa shape index (κ1) is 45.3. The maximum absolute atomic E-state index is 2.63. The third-order valence-corrected chi connectivity index (χ3v) is 21.4. The molecule has 2 saturated carbocycles. The number of hydrogen-bond donors (Lipinski definition) is 0. The topological polar surface area (TPSA) is 0 Å². The van der Waals surface area contributed by atoms with Crippen LogP contribution >= 0.6 is 0 Å².